The molecule has 0 aromatic heterocycles. The van der Waals surface area contributed by atoms with Gasteiger partial charge in [0.2, 0.25) is 5.91 Å². The lowest BCUT2D eigenvalue weighted by Crippen LogP contribution is -2.42. The average Bonchev–Trinajstić information content (AvgIpc) is 2.87. The van der Waals surface area contributed by atoms with Gasteiger partial charge in [0.25, 0.3) is 10.0 Å². The Labute approximate surface area is 204 Å². The van der Waals surface area contributed by atoms with Gasteiger partial charge in [0, 0.05) is 0 Å². The number of aryl methyl sites for hydroxylation is 1. The molecule has 0 saturated carbocycles. The summed E-state index contributed by atoms with van der Waals surface area (Å²) < 4.78 is 41.4. The zero-order valence-corrected chi connectivity index (χ0v) is 20.0. The molecule has 0 radical (unpaired) electrons. The summed E-state index contributed by atoms with van der Waals surface area (Å²) in [5.74, 6) is -1.02. The highest BCUT2D eigenvalue weighted by Crippen LogP contribution is 2.26. The third-order valence-electron chi connectivity index (χ3n) is 5.67. The first kappa shape index (κ1) is 24.2. The second-order valence-electron chi connectivity index (χ2n) is 8.07. The van der Waals surface area contributed by atoms with Crippen LogP contribution in [0.5, 0.6) is 0 Å². The Hall–Kier alpha value is -3.97. The lowest BCUT2D eigenvalue weighted by molar-refractivity contribution is -0.120. The summed E-state index contributed by atoms with van der Waals surface area (Å²) in [6, 6.07) is 29.7. The van der Waals surface area contributed by atoms with Crippen molar-refractivity contribution in [3.8, 4) is 0 Å². The predicted molar refractivity (Wildman–Crippen MR) is 135 cm³/mol. The SMILES string of the molecule is Cc1ccccc1[C@@H](NC(=O)CN(c1ccccc1)S(=O)(=O)c1ccc(F)cc1)c1ccccc1. The van der Waals surface area contributed by atoms with Crippen LogP contribution in [0.4, 0.5) is 10.1 Å². The Morgan fingerprint density at radius 2 is 1.40 bits per heavy atom. The number of para-hydroxylation sites is 1. The first-order valence-electron chi connectivity index (χ1n) is 11.1. The van der Waals surface area contributed by atoms with E-state index in [9.17, 15) is 17.6 Å². The summed E-state index contributed by atoms with van der Waals surface area (Å²) in [4.78, 5) is 13.2. The van der Waals surface area contributed by atoms with Gasteiger partial charge in [0.05, 0.1) is 16.6 Å². The Bertz CT molecular complexity index is 1390. The zero-order chi connectivity index (χ0) is 24.8. The molecule has 4 rings (SSSR count). The molecule has 0 aliphatic rings. The molecular weight excluding hydrogens is 463 g/mol. The molecule has 5 nitrogen and oxygen atoms in total. The van der Waals surface area contributed by atoms with Crippen LogP contribution in [0.3, 0.4) is 0 Å². The molecule has 4 aromatic rings. The third kappa shape index (κ3) is 5.58. The van der Waals surface area contributed by atoms with Crippen LogP contribution in [0, 0.1) is 12.7 Å². The van der Waals surface area contributed by atoms with Gasteiger partial charge in [-0.25, -0.2) is 12.8 Å². The third-order valence-corrected chi connectivity index (χ3v) is 7.46. The van der Waals surface area contributed by atoms with Gasteiger partial charge >= 0.3 is 0 Å². The molecule has 0 unspecified atom stereocenters. The fourth-order valence-corrected chi connectivity index (χ4v) is 5.30. The maximum Gasteiger partial charge on any atom is 0.264 e. The van der Waals surface area contributed by atoms with Crippen molar-refractivity contribution in [1.82, 2.24) is 5.32 Å². The van der Waals surface area contributed by atoms with E-state index < -0.39 is 34.3 Å². The van der Waals surface area contributed by atoms with Gasteiger partial charge in [-0.15, -0.1) is 0 Å². The van der Waals surface area contributed by atoms with Gasteiger partial charge in [-0.3, -0.25) is 9.10 Å². The fraction of sp³-hybridized carbons (Fsp3) is 0.107. The van der Waals surface area contributed by atoms with Crippen molar-refractivity contribution in [1.29, 1.82) is 0 Å². The fourth-order valence-electron chi connectivity index (χ4n) is 3.88. The average molecular weight is 489 g/mol. The predicted octanol–water partition coefficient (Wildman–Crippen LogP) is 5.24. The topological polar surface area (TPSA) is 66.5 Å². The Morgan fingerprint density at radius 1 is 0.829 bits per heavy atom. The van der Waals surface area contributed by atoms with E-state index in [0.29, 0.717) is 5.69 Å². The number of benzene rings is 4. The molecule has 0 bridgehead atoms. The van der Waals surface area contributed by atoms with Crippen LogP contribution in [-0.4, -0.2) is 20.9 Å². The molecule has 0 aliphatic carbocycles. The number of amides is 1. The van der Waals surface area contributed by atoms with Crippen molar-refractivity contribution < 1.29 is 17.6 Å². The van der Waals surface area contributed by atoms with Gasteiger partial charge in [0.1, 0.15) is 12.4 Å². The van der Waals surface area contributed by atoms with Gasteiger partial charge in [0.15, 0.2) is 0 Å². The summed E-state index contributed by atoms with van der Waals surface area (Å²) in [6.07, 6.45) is 0. The number of halogens is 1. The molecule has 4 aromatic carbocycles. The van der Waals surface area contributed by atoms with Gasteiger partial charge in [-0.2, -0.15) is 0 Å². The smallest absolute Gasteiger partial charge is 0.264 e. The van der Waals surface area contributed by atoms with E-state index in [2.05, 4.69) is 5.32 Å². The molecular formula is C28H25FN2O3S. The highest BCUT2D eigenvalue weighted by molar-refractivity contribution is 7.92. The van der Waals surface area contributed by atoms with E-state index in [-0.39, 0.29) is 4.90 Å². The summed E-state index contributed by atoms with van der Waals surface area (Å²) in [5.41, 5.74) is 3.13. The minimum Gasteiger partial charge on any atom is -0.344 e. The van der Waals surface area contributed by atoms with Crippen molar-refractivity contribution in [2.45, 2.75) is 17.9 Å². The minimum absolute atomic E-state index is 0.103. The number of sulfonamides is 1. The number of carbonyl (C=O) groups excluding carboxylic acids is 1. The number of rotatable bonds is 8. The number of nitrogens with zero attached hydrogens (tertiary/aromatic N) is 1. The van der Waals surface area contributed by atoms with Crippen LogP contribution in [-0.2, 0) is 14.8 Å². The standard InChI is InChI=1S/C28H25FN2O3S/c1-21-10-8-9-15-26(21)28(22-11-4-2-5-12-22)30-27(32)20-31(24-13-6-3-7-14-24)35(33,34)25-18-16-23(29)17-19-25/h2-19,28H,20H2,1H3,(H,30,32)/t28-/m0/s1. The van der Waals surface area contributed by atoms with E-state index in [4.69, 9.17) is 0 Å². The van der Waals surface area contributed by atoms with Crippen LogP contribution >= 0.6 is 0 Å². The maximum absolute atomic E-state index is 13.5. The second kappa shape index (κ2) is 10.5. The molecule has 0 fully saturated rings. The molecule has 0 spiro atoms. The molecule has 0 aliphatic heterocycles. The van der Waals surface area contributed by atoms with E-state index in [1.54, 1.807) is 30.3 Å². The van der Waals surface area contributed by atoms with Gasteiger partial charge in [-0.1, -0.05) is 72.8 Å². The normalized spacial score (nSPS) is 12.1. The van der Waals surface area contributed by atoms with Crippen molar-refractivity contribution in [2.24, 2.45) is 0 Å². The first-order chi connectivity index (χ1) is 16.9. The highest BCUT2D eigenvalue weighted by atomic mass is 32.2. The van der Waals surface area contributed by atoms with E-state index >= 15 is 0 Å². The van der Waals surface area contributed by atoms with Crippen molar-refractivity contribution >= 4 is 21.6 Å². The minimum atomic E-state index is -4.13. The number of anilines is 1. The highest BCUT2D eigenvalue weighted by Gasteiger charge is 2.28. The van der Waals surface area contributed by atoms with E-state index in [1.165, 1.54) is 12.1 Å². The molecule has 1 N–H and O–H groups in total. The molecule has 7 heteroatoms. The Balaban J connectivity index is 1.68. The summed E-state index contributed by atoms with van der Waals surface area (Å²) >= 11 is 0. The second-order valence-corrected chi connectivity index (χ2v) is 9.93. The number of hydrogen-bond acceptors (Lipinski definition) is 3. The zero-order valence-electron chi connectivity index (χ0n) is 19.1. The Kier molecular flexibility index (Phi) is 7.27. The van der Waals surface area contributed by atoms with Gasteiger partial charge in [-0.05, 0) is 60.0 Å². The van der Waals surface area contributed by atoms with Crippen molar-refractivity contribution in [3.63, 3.8) is 0 Å². The van der Waals surface area contributed by atoms with Crippen LogP contribution < -0.4 is 9.62 Å². The molecule has 1 atom stereocenters. The first-order valence-corrected chi connectivity index (χ1v) is 12.5. The summed E-state index contributed by atoms with van der Waals surface area (Å²) in [6.45, 7) is 1.52. The van der Waals surface area contributed by atoms with Crippen LogP contribution in [0.2, 0.25) is 0 Å². The molecule has 0 saturated heterocycles. The number of nitrogens with one attached hydrogen (secondary N) is 1. The lowest BCUT2D eigenvalue weighted by atomic mass is 9.95. The van der Waals surface area contributed by atoms with E-state index in [0.717, 1.165) is 33.1 Å². The van der Waals surface area contributed by atoms with Gasteiger partial charge < -0.3 is 5.32 Å². The van der Waals surface area contributed by atoms with Crippen LogP contribution in [0.1, 0.15) is 22.7 Å². The summed E-state index contributed by atoms with van der Waals surface area (Å²) in [7, 11) is -4.13. The van der Waals surface area contributed by atoms with Crippen molar-refractivity contribution in [2.75, 3.05) is 10.8 Å². The summed E-state index contributed by atoms with van der Waals surface area (Å²) in [5, 5.41) is 3.02. The largest absolute Gasteiger partial charge is 0.344 e. The maximum atomic E-state index is 13.5. The van der Waals surface area contributed by atoms with Crippen LogP contribution in [0.25, 0.3) is 0 Å². The quantitative estimate of drug-likeness (QED) is 0.369. The Morgan fingerprint density at radius 3 is 2.03 bits per heavy atom. The lowest BCUT2D eigenvalue weighted by Gasteiger charge is -2.26. The van der Waals surface area contributed by atoms with Crippen molar-refractivity contribution in [3.05, 3.63) is 132 Å². The molecule has 178 valence electrons. The van der Waals surface area contributed by atoms with E-state index in [1.807, 2.05) is 61.5 Å². The molecule has 0 heterocycles. The monoisotopic (exact) mass is 488 g/mol. The molecule has 35 heavy (non-hydrogen) atoms. The number of hydrogen-bond donors (Lipinski definition) is 1. The van der Waals surface area contributed by atoms with Crippen LogP contribution in [0.15, 0.2) is 114 Å². The number of carbonyl (C=O) groups is 1. The molecule has 1 amide bonds.